The summed E-state index contributed by atoms with van der Waals surface area (Å²) in [6, 6.07) is 19.1. The largest absolute Gasteiger partial charge is 0.320 e. The van der Waals surface area contributed by atoms with Gasteiger partial charge in [-0.25, -0.2) is 4.98 Å². The fourth-order valence-corrected chi connectivity index (χ4v) is 4.03. The molecule has 3 aromatic rings. The summed E-state index contributed by atoms with van der Waals surface area (Å²) in [6.07, 6.45) is 3.66. The predicted molar refractivity (Wildman–Crippen MR) is 104 cm³/mol. The molecule has 0 bridgehead atoms. The standard InChI is InChI=1S/C22H25N3O/c1-17(26)22-23-20-12-5-6-13-21(20)25(22)16-19-11-7-8-14-24(19)15-18-9-3-2-4-10-18/h2-6,9-10,12-13,19H,7-8,11,14-16H2,1H3. The highest BCUT2D eigenvalue weighted by Crippen LogP contribution is 2.24. The highest BCUT2D eigenvalue weighted by Gasteiger charge is 2.25. The van der Waals surface area contributed by atoms with Crippen LogP contribution >= 0.6 is 0 Å². The summed E-state index contributed by atoms with van der Waals surface area (Å²) in [7, 11) is 0. The number of likely N-dealkylation sites (tertiary alicyclic amines) is 1. The number of imidazole rings is 1. The van der Waals surface area contributed by atoms with E-state index < -0.39 is 0 Å². The Labute approximate surface area is 154 Å². The van der Waals surface area contributed by atoms with Crippen LogP contribution in [0.1, 0.15) is 42.4 Å². The number of aromatic nitrogens is 2. The molecule has 1 fully saturated rings. The second-order valence-electron chi connectivity index (χ2n) is 7.20. The van der Waals surface area contributed by atoms with Gasteiger partial charge in [0.25, 0.3) is 0 Å². The third kappa shape index (κ3) is 3.42. The lowest BCUT2D eigenvalue weighted by molar-refractivity contribution is 0.0987. The molecule has 26 heavy (non-hydrogen) atoms. The van der Waals surface area contributed by atoms with E-state index in [1.54, 1.807) is 6.92 Å². The summed E-state index contributed by atoms with van der Waals surface area (Å²) >= 11 is 0. The van der Waals surface area contributed by atoms with Crippen LogP contribution in [0.5, 0.6) is 0 Å². The van der Waals surface area contributed by atoms with Crippen LogP contribution in [0.4, 0.5) is 0 Å². The average molecular weight is 347 g/mol. The fraction of sp³-hybridized carbons (Fsp3) is 0.364. The van der Waals surface area contributed by atoms with Crippen molar-refractivity contribution in [2.75, 3.05) is 6.54 Å². The number of fused-ring (bicyclic) bond motifs is 1. The van der Waals surface area contributed by atoms with Crippen LogP contribution in [0.3, 0.4) is 0 Å². The lowest BCUT2D eigenvalue weighted by atomic mass is 10.0. The number of Topliss-reactive ketones (excluding diaryl/α,β-unsaturated/α-hetero) is 1. The minimum Gasteiger partial charge on any atom is -0.320 e. The number of carbonyl (C=O) groups is 1. The quantitative estimate of drug-likeness (QED) is 0.646. The first-order chi connectivity index (χ1) is 12.7. The first-order valence-corrected chi connectivity index (χ1v) is 9.46. The SMILES string of the molecule is CC(=O)c1nc2ccccc2n1CC1CCCCN1Cc1ccccc1. The van der Waals surface area contributed by atoms with E-state index in [0.29, 0.717) is 11.9 Å². The summed E-state index contributed by atoms with van der Waals surface area (Å²) in [5.74, 6) is 0.614. The van der Waals surface area contributed by atoms with Gasteiger partial charge >= 0.3 is 0 Å². The van der Waals surface area contributed by atoms with Gasteiger partial charge in [-0.3, -0.25) is 9.69 Å². The van der Waals surface area contributed by atoms with Crippen molar-refractivity contribution in [3.63, 3.8) is 0 Å². The fourth-order valence-electron chi connectivity index (χ4n) is 4.03. The zero-order chi connectivity index (χ0) is 17.9. The maximum Gasteiger partial charge on any atom is 0.195 e. The van der Waals surface area contributed by atoms with Crippen molar-refractivity contribution in [2.45, 2.75) is 45.3 Å². The monoisotopic (exact) mass is 347 g/mol. The molecule has 2 aromatic carbocycles. The normalized spacial score (nSPS) is 18.3. The van der Waals surface area contributed by atoms with Crippen molar-refractivity contribution >= 4 is 16.8 Å². The third-order valence-electron chi connectivity index (χ3n) is 5.34. The van der Waals surface area contributed by atoms with Crippen molar-refractivity contribution in [3.8, 4) is 0 Å². The van der Waals surface area contributed by atoms with Gasteiger partial charge in [0, 0.05) is 26.1 Å². The van der Waals surface area contributed by atoms with Crippen LogP contribution in [0, 0.1) is 0 Å². The average Bonchev–Trinajstić information content (AvgIpc) is 3.03. The van der Waals surface area contributed by atoms with E-state index in [1.165, 1.54) is 18.4 Å². The Morgan fingerprint density at radius 3 is 2.65 bits per heavy atom. The van der Waals surface area contributed by atoms with Gasteiger partial charge < -0.3 is 4.57 Å². The van der Waals surface area contributed by atoms with Crippen molar-refractivity contribution in [1.29, 1.82) is 0 Å². The Morgan fingerprint density at radius 1 is 1.08 bits per heavy atom. The van der Waals surface area contributed by atoms with Gasteiger partial charge in [0.15, 0.2) is 11.6 Å². The van der Waals surface area contributed by atoms with Crippen LogP contribution in [-0.2, 0) is 13.1 Å². The van der Waals surface area contributed by atoms with E-state index in [0.717, 1.165) is 37.1 Å². The summed E-state index contributed by atoms with van der Waals surface area (Å²) in [5, 5.41) is 0. The van der Waals surface area contributed by atoms with Crippen molar-refractivity contribution in [3.05, 3.63) is 66.0 Å². The minimum absolute atomic E-state index is 0.0339. The van der Waals surface area contributed by atoms with Gasteiger partial charge in [0.1, 0.15) is 0 Å². The molecule has 1 aliphatic heterocycles. The Hall–Kier alpha value is -2.46. The molecule has 1 saturated heterocycles. The summed E-state index contributed by atoms with van der Waals surface area (Å²) in [5.41, 5.74) is 3.31. The molecule has 4 rings (SSSR count). The molecule has 2 heterocycles. The second-order valence-corrected chi connectivity index (χ2v) is 7.20. The first kappa shape index (κ1) is 17.0. The molecule has 4 heteroatoms. The Kier molecular flexibility index (Phi) is 4.85. The van der Waals surface area contributed by atoms with E-state index in [4.69, 9.17) is 0 Å². The van der Waals surface area contributed by atoms with Crippen LogP contribution in [0.2, 0.25) is 0 Å². The molecule has 0 amide bonds. The van der Waals surface area contributed by atoms with Gasteiger partial charge in [-0.1, -0.05) is 48.9 Å². The van der Waals surface area contributed by atoms with Crippen molar-refractivity contribution in [1.82, 2.24) is 14.5 Å². The minimum atomic E-state index is 0.0339. The molecule has 1 unspecified atom stereocenters. The molecule has 0 aliphatic carbocycles. The van der Waals surface area contributed by atoms with Crippen molar-refractivity contribution in [2.24, 2.45) is 0 Å². The lowest BCUT2D eigenvalue weighted by Crippen LogP contribution is -2.41. The van der Waals surface area contributed by atoms with E-state index in [-0.39, 0.29) is 5.78 Å². The van der Waals surface area contributed by atoms with Crippen LogP contribution in [-0.4, -0.2) is 32.8 Å². The van der Waals surface area contributed by atoms with Crippen LogP contribution in [0.15, 0.2) is 54.6 Å². The van der Waals surface area contributed by atoms with E-state index in [1.807, 2.05) is 18.2 Å². The van der Waals surface area contributed by atoms with Gasteiger partial charge in [0.2, 0.25) is 0 Å². The molecule has 134 valence electrons. The Bertz CT molecular complexity index is 900. The van der Waals surface area contributed by atoms with Gasteiger partial charge in [0.05, 0.1) is 11.0 Å². The maximum absolute atomic E-state index is 12.2. The molecular weight excluding hydrogens is 322 g/mol. The number of rotatable bonds is 5. The molecular formula is C22H25N3O. The molecule has 0 radical (unpaired) electrons. The number of carbonyl (C=O) groups excluding carboxylic acids is 1. The molecule has 0 saturated carbocycles. The molecule has 0 N–H and O–H groups in total. The number of piperidine rings is 1. The zero-order valence-electron chi connectivity index (χ0n) is 15.3. The second kappa shape index (κ2) is 7.42. The maximum atomic E-state index is 12.2. The van der Waals surface area contributed by atoms with E-state index in [9.17, 15) is 4.79 Å². The number of ketones is 1. The molecule has 1 atom stereocenters. The lowest BCUT2D eigenvalue weighted by Gasteiger charge is -2.36. The number of para-hydroxylation sites is 2. The number of hydrogen-bond acceptors (Lipinski definition) is 3. The number of benzene rings is 2. The number of hydrogen-bond donors (Lipinski definition) is 0. The smallest absolute Gasteiger partial charge is 0.195 e. The molecule has 1 aromatic heterocycles. The Balaban J connectivity index is 1.63. The van der Waals surface area contributed by atoms with E-state index in [2.05, 4.69) is 50.8 Å². The first-order valence-electron chi connectivity index (χ1n) is 9.46. The Morgan fingerprint density at radius 2 is 1.85 bits per heavy atom. The van der Waals surface area contributed by atoms with Gasteiger partial charge in [-0.15, -0.1) is 0 Å². The van der Waals surface area contributed by atoms with Crippen LogP contribution in [0.25, 0.3) is 11.0 Å². The molecule has 4 nitrogen and oxygen atoms in total. The van der Waals surface area contributed by atoms with Gasteiger partial charge in [-0.2, -0.15) is 0 Å². The molecule has 0 spiro atoms. The summed E-state index contributed by atoms with van der Waals surface area (Å²) < 4.78 is 2.13. The topological polar surface area (TPSA) is 38.1 Å². The zero-order valence-corrected chi connectivity index (χ0v) is 15.3. The summed E-state index contributed by atoms with van der Waals surface area (Å²) in [4.78, 5) is 19.3. The highest BCUT2D eigenvalue weighted by molar-refractivity contribution is 5.94. The van der Waals surface area contributed by atoms with Crippen molar-refractivity contribution < 1.29 is 4.79 Å². The molecule has 1 aliphatic rings. The van der Waals surface area contributed by atoms with Gasteiger partial charge in [-0.05, 0) is 37.1 Å². The summed E-state index contributed by atoms with van der Waals surface area (Å²) in [6.45, 7) is 4.51. The van der Waals surface area contributed by atoms with E-state index >= 15 is 0 Å². The number of nitrogens with zero attached hydrogens (tertiary/aromatic N) is 3. The predicted octanol–water partition coefficient (Wildman–Crippen LogP) is 4.29. The highest BCUT2D eigenvalue weighted by atomic mass is 16.1. The third-order valence-corrected chi connectivity index (χ3v) is 5.34. The van der Waals surface area contributed by atoms with Crippen LogP contribution < -0.4 is 0 Å².